The summed E-state index contributed by atoms with van der Waals surface area (Å²) in [6.07, 6.45) is 5.44. The Morgan fingerprint density at radius 3 is 2.11 bits per heavy atom. The summed E-state index contributed by atoms with van der Waals surface area (Å²) in [4.78, 5) is 62.2. The molecule has 1 aromatic carbocycles. The smallest absolute Gasteiger partial charge is 0.312 e. The lowest BCUT2D eigenvalue weighted by Gasteiger charge is -2.25. The number of rotatable bonds is 29. The minimum absolute atomic E-state index is 0.0132. The van der Waals surface area contributed by atoms with Crippen molar-refractivity contribution in [2.24, 2.45) is 11.7 Å². The lowest BCUT2D eigenvalue weighted by molar-refractivity contribution is -0.132. The first kappa shape index (κ1) is 47.8. The number of hydrogen-bond donors (Lipinski definition) is 7. The van der Waals surface area contributed by atoms with E-state index in [-0.39, 0.29) is 63.7 Å². The van der Waals surface area contributed by atoms with Crippen LogP contribution in [0.1, 0.15) is 70.8 Å². The summed E-state index contributed by atoms with van der Waals surface area (Å²) < 4.78 is 27.6. The standard InChI is InChI=1S/C39H62N6O11/c1-29(2)36(38(50)44-33(11-8-17-42-39(40)51)37(49)43-31-14-12-30(27-46)13-15-31)45-34(47)16-19-52-21-23-54-25-26-55-24-22-53-20-18-41-35(48)28-56-32-9-6-4-3-5-7-10-32/h12-15,29,32-33,36,46H,3-6,8-9,11,16-28H2,1-2H3,(H,41,48)(H,43,49)(H,44,50)(H,45,47)(H3,40,42,51). The van der Waals surface area contributed by atoms with Crippen LogP contribution in [0.15, 0.2) is 24.3 Å². The summed E-state index contributed by atoms with van der Waals surface area (Å²) in [5, 5.41) is 22.7. The Morgan fingerprint density at radius 2 is 1.46 bits per heavy atom. The van der Waals surface area contributed by atoms with Gasteiger partial charge < -0.3 is 61.1 Å². The predicted molar refractivity (Wildman–Crippen MR) is 208 cm³/mol. The van der Waals surface area contributed by atoms with E-state index in [1.54, 1.807) is 38.1 Å². The number of ether oxygens (including phenoxy) is 5. The number of amides is 6. The van der Waals surface area contributed by atoms with E-state index in [1.807, 2.05) is 0 Å². The Morgan fingerprint density at radius 1 is 0.804 bits per heavy atom. The van der Waals surface area contributed by atoms with E-state index in [0.29, 0.717) is 63.9 Å². The Kier molecular flexibility index (Phi) is 25.6. The molecule has 1 aliphatic rings. The first-order valence-corrected chi connectivity index (χ1v) is 19.4. The number of urea groups is 1. The molecule has 314 valence electrons. The van der Waals surface area contributed by atoms with Crippen molar-refractivity contribution in [3.05, 3.63) is 29.8 Å². The number of aliphatic hydroxyl groups is 1. The van der Waals surface area contributed by atoms with E-state index in [2.05, 4.69) is 38.4 Å². The Labute approximate surface area is 330 Å². The lowest BCUT2D eigenvalue weighted by atomic mass is 10.0. The summed E-state index contributed by atoms with van der Waals surface area (Å²) in [5.41, 5.74) is 6.28. The normalized spacial score (nSPS) is 15.0. The Bertz CT molecular complexity index is 1370. The van der Waals surface area contributed by atoms with Crippen LogP contribution in [0.4, 0.5) is 10.5 Å². The van der Waals surface area contributed by atoms with Gasteiger partial charge in [0.25, 0.3) is 0 Å². The van der Waals surface area contributed by atoms with Gasteiger partial charge >= 0.3 is 6.03 Å². The van der Waals surface area contributed by atoms with E-state index in [9.17, 15) is 29.1 Å². The van der Waals surface area contributed by atoms with Crippen LogP contribution in [0.5, 0.6) is 0 Å². The van der Waals surface area contributed by atoms with Gasteiger partial charge in [0.05, 0.1) is 59.5 Å². The molecule has 0 spiro atoms. The molecule has 0 saturated heterocycles. The van der Waals surface area contributed by atoms with Gasteiger partial charge in [-0.05, 0) is 55.7 Å². The fourth-order valence-electron chi connectivity index (χ4n) is 5.27. The molecule has 0 bridgehead atoms. The molecule has 1 aliphatic carbocycles. The number of carbonyl (C=O) groups is 5. The van der Waals surface area contributed by atoms with Crippen LogP contribution in [0.3, 0.4) is 0 Å². The molecule has 0 fully saturated rings. The number of benzene rings is 1. The van der Waals surface area contributed by atoms with Crippen molar-refractivity contribution in [3.63, 3.8) is 0 Å². The van der Waals surface area contributed by atoms with Crippen molar-refractivity contribution in [2.75, 3.05) is 77.9 Å². The van der Waals surface area contributed by atoms with Gasteiger partial charge in [0.1, 0.15) is 24.8 Å². The third kappa shape index (κ3) is 22.9. The first-order chi connectivity index (χ1) is 27.1. The molecule has 8 N–H and O–H groups in total. The molecule has 3 atom stereocenters. The fourth-order valence-corrected chi connectivity index (χ4v) is 5.27. The van der Waals surface area contributed by atoms with Crippen LogP contribution < -0.4 is 32.3 Å². The molecule has 0 saturated carbocycles. The maximum atomic E-state index is 13.3. The highest BCUT2D eigenvalue weighted by Gasteiger charge is 2.29. The summed E-state index contributed by atoms with van der Waals surface area (Å²) in [7, 11) is 0. The van der Waals surface area contributed by atoms with Gasteiger partial charge in [-0.2, -0.15) is 0 Å². The molecule has 0 heterocycles. The molecule has 2 rings (SSSR count). The van der Waals surface area contributed by atoms with Crippen molar-refractivity contribution >= 4 is 35.3 Å². The second kappa shape index (κ2) is 29.9. The molecule has 17 nitrogen and oxygen atoms in total. The average Bonchev–Trinajstić information content (AvgIpc) is 3.16. The fraction of sp³-hybridized carbons (Fsp3) is 0.667. The number of primary amides is 1. The van der Waals surface area contributed by atoms with Crippen LogP contribution in [-0.4, -0.2) is 126 Å². The summed E-state index contributed by atoms with van der Waals surface area (Å²) >= 11 is 0. The van der Waals surface area contributed by atoms with Gasteiger partial charge in [-0.1, -0.05) is 38.3 Å². The van der Waals surface area contributed by atoms with Crippen LogP contribution >= 0.6 is 0 Å². The predicted octanol–water partition coefficient (Wildman–Crippen LogP) is 1.12. The molecular formula is C39H62N6O11. The first-order valence-electron chi connectivity index (χ1n) is 19.4. The van der Waals surface area contributed by atoms with Crippen molar-refractivity contribution in [3.8, 4) is 11.8 Å². The molecule has 1 aromatic rings. The Hall–Kier alpha value is -4.31. The van der Waals surface area contributed by atoms with E-state index in [4.69, 9.17) is 29.4 Å². The zero-order valence-corrected chi connectivity index (χ0v) is 32.9. The Balaban J connectivity index is 1.55. The number of nitrogens with one attached hydrogen (secondary N) is 5. The second-order valence-electron chi connectivity index (χ2n) is 13.4. The third-order valence-corrected chi connectivity index (χ3v) is 8.38. The highest BCUT2D eigenvalue weighted by atomic mass is 16.6. The lowest BCUT2D eigenvalue weighted by Crippen LogP contribution is -2.54. The van der Waals surface area contributed by atoms with Crippen molar-refractivity contribution in [2.45, 2.75) is 90.0 Å². The number of carbonyl (C=O) groups excluding carboxylic acids is 5. The van der Waals surface area contributed by atoms with Gasteiger partial charge in [0.2, 0.25) is 23.6 Å². The summed E-state index contributed by atoms with van der Waals surface area (Å²) in [6, 6.07) is 4.02. The van der Waals surface area contributed by atoms with Crippen molar-refractivity contribution in [1.82, 2.24) is 21.3 Å². The molecular weight excluding hydrogens is 728 g/mol. The molecule has 56 heavy (non-hydrogen) atoms. The van der Waals surface area contributed by atoms with Crippen molar-refractivity contribution < 1.29 is 52.8 Å². The molecule has 0 aliphatic heterocycles. The van der Waals surface area contributed by atoms with Crippen LogP contribution in [0, 0.1) is 17.8 Å². The van der Waals surface area contributed by atoms with E-state index in [0.717, 1.165) is 32.1 Å². The largest absolute Gasteiger partial charge is 0.392 e. The highest BCUT2D eigenvalue weighted by molar-refractivity contribution is 5.98. The molecule has 0 radical (unpaired) electrons. The van der Waals surface area contributed by atoms with Gasteiger partial charge in [0.15, 0.2) is 0 Å². The van der Waals surface area contributed by atoms with Gasteiger partial charge in [0, 0.05) is 31.6 Å². The third-order valence-electron chi connectivity index (χ3n) is 8.38. The second-order valence-corrected chi connectivity index (χ2v) is 13.4. The van der Waals surface area contributed by atoms with Crippen LogP contribution in [-0.2, 0) is 49.5 Å². The number of aliphatic hydroxyl groups excluding tert-OH is 1. The molecule has 6 amide bonds. The van der Waals surface area contributed by atoms with Crippen LogP contribution in [0.25, 0.3) is 0 Å². The molecule has 17 heteroatoms. The zero-order valence-electron chi connectivity index (χ0n) is 32.9. The van der Waals surface area contributed by atoms with Gasteiger partial charge in [-0.15, -0.1) is 5.92 Å². The number of hydrogen-bond acceptors (Lipinski definition) is 11. The van der Waals surface area contributed by atoms with Gasteiger partial charge in [-0.3, -0.25) is 19.2 Å². The minimum atomic E-state index is -0.969. The monoisotopic (exact) mass is 790 g/mol. The van der Waals surface area contributed by atoms with Gasteiger partial charge in [-0.25, -0.2) is 4.79 Å². The zero-order chi connectivity index (χ0) is 40.8. The van der Waals surface area contributed by atoms with E-state index < -0.39 is 35.8 Å². The number of nitrogens with two attached hydrogens (primary N) is 1. The average molecular weight is 791 g/mol. The van der Waals surface area contributed by atoms with E-state index >= 15 is 0 Å². The van der Waals surface area contributed by atoms with E-state index in [1.165, 1.54) is 0 Å². The molecule has 0 aromatic heterocycles. The minimum Gasteiger partial charge on any atom is -0.392 e. The maximum Gasteiger partial charge on any atom is 0.312 e. The van der Waals surface area contributed by atoms with Crippen LogP contribution in [0.2, 0.25) is 0 Å². The summed E-state index contributed by atoms with van der Waals surface area (Å²) in [6.45, 7) is 6.50. The van der Waals surface area contributed by atoms with Crippen molar-refractivity contribution in [1.29, 1.82) is 0 Å². The maximum absolute atomic E-state index is 13.3. The highest BCUT2D eigenvalue weighted by Crippen LogP contribution is 2.13. The topological polar surface area (TPSA) is 238 Å². The number of anilines is 1. The molecule has 3 unspecified atom stereocenters. The quantitative estimate of drug-likeness (QED) is 0.0449. The summed E-state index contributed by atoms with van der Waals surface area (Å²) in [5.74, 6) is 4.29. The SMILES string of the molecule is CC(C)C(NC(=O)CCOCCOCCOCCOCCNC(=O)COC1C#CCCCCC1)C(=O)NC(CCCNC(N)=O)C(=O)Nc1ccc(CO)cc1.